The van der Waals surface area contributed by atoms with Crippen molar-refractivity contribution in [1.29, 1.82) is 0 Å². The van der Waals surface area contributed by atoms with Gasteiger partial charge in [0.1, 0.15) is 5.82 Å². The fraction of sp³-hybridized carbons (Fsp3) is 0.500. The largest absolute Gasteiger partial charge is 0.335 e. The molecule has 0 amide bonds. The summed E-state index contributed by atoms with van der Waals surface area (Å²) < 4.78 is 13.2. The molecule has 1 aromatic carbocycles. The zero-order valence-electron chi connectivity index (χ0n) is 11.1. The highest BCUT2D eigenvalue weighted by molar-refractivity contribution is 8.14. The van der Waals surface area contributed by atoms with Gasteiger partial charge >= 0.3 is 0 Å². The van der Waals surface area contributed by atoms with Gasteiger partial charge in [-0.2, -0.15) is 0 Å². The number of rotatable bonds is 2. The molecule has 0 saturated carbocycles. The maximum Gasteiger partial charge on any atom is 0.161 e. The molecule has 1 N–H and O–H groups in total. The number of aryl methyl sites for hydroxylation is 1. The second kappa shape index (κ2) is 5.31. The first kappa shape index (κ1) is 13.4. The number of amidine groups is 1. The van der Waals surface area contributed by atoms with E-state index < -0.39 is 0 Å². The van der Waals surface area contributed by atoms with Gasteiger partial charge in [0.2, 0.25) is 0 Å². The molecule has 1 heterocycles. The van der Waals surface area contributed by atoms with Crippen LogP contribution in [0.5, 0.6) is 0 Å². The van der Waals surface area contributed by atoms with E-state index in [4.69, 9.17) is 4.99 Å². The van der Waals surface area contributed by atoms with E-state index in [0.717, 1.165) is 29.4 Å². The van der Waals surface area contributed by atoms with Crippen LogP contribution >= 0.6 is 11.8 Å². The smallest absolute Gasteiger partial charge is 0.161 e. The van der Waals surface area contributed by atoms with Crippen molar-refractivity contribution in [3.63, 3.8) is 0 Å². The molecule has 0 saturated heterocycles. The van der Waals surface area contributed by atoms with Crippen LogP contribution in [0.25, 0.3) is 0 Å². The Hall–Kier alpha value is -1.03. The standard InChI is InChI=1S/C14H19FN2S/c1-4-14(3)7-8-18-13(17-14)16-11-5-6-12(15)10(2)9-11/h5-6,9H,4,7-8H2,1-3H3,(H,16,17). The molecule has 1 aromatic rings. The minimum atomic E-state index is -0.169. The Labute approximate surface area is 112 Å². The zero-order chi connectivity index (χ0) is 13.2. The summed E-state index contributed by atoms with van der Waals surface area (Å²) in [6, 6.07) is 5.06. The van der Waals surface area contributed by atoms with Gasteiger partial charge in [-0.25, -0.2) is 4.39 Å². The fourth-order valence-electron chi connectivity index (χ4n) is 1.87. The van der Waals surface area contributed by atoms with Crippen LogP contribution in [-0.2, 0) is 0 Å². The highest BCUT2D eigenvalue weighted by Crippen LogP contribution is 2.29. The van der Waals surface area contributed by atoms with Crippen molar-refractivity contribution in [2.45, 2.75) is 39.2 Å². The van der Waals surface area contributed by atoms with Crippen molar-refractivity contribution in [1.82, 2.24) is 0 Å². The Morgan fingerprint density at radius 2 is 2.28 bits per heavy atom. The van der Waals surface area contributed by atoms with Gasteiger partial charge < -0.3 is 5.32 Å². The molecule has 0 bridgehead atoms. The summed E-state index contributed by atoms with van der Waals surface area (Å²) in [4.78, 5) is 4.75. The van der Waals surface area contributed by atoms with Crippen molar-refractivity contribution in [2.75, 3.05) is 11.1 Å². The third kappa shape index (κ3) is 3.05. The third-order valence-electron chi connectivity index (χ3n) is 3.42. The quantitative estimate of drug-likeness (QED) is 0.867. The van der Waals surface area contributed by atoms with Crippen LogP contribution in [0.3, 0.4) is 0 Å². The van der Waals surface area contributed by atoms with E-state index in [9.17, 15) is 4.39 Å². The summed E-state index contributed by atoms with van der Waals surface area (Å²) >= 11 is 1.73. The first-order valence-corrected chi connectivity index (χ1v) is 7.27. The molecule has 98 valence electrons. The first-order valence-electron chi connectivity index (χ1n) is 6.28. The average molecular weight is 266 g/mol. The van der Waals surface area contributed by atoms with Gasteiger partial charge in [-0.1, -0.05) is 18.7 Å². The number of thioether (sulfide) groups is 1. The normalized spacial score (nSPS) is 23.7. The van der Waals surface area contributed by atoms with Crippen LogP contribution in [0.1, 0.15) is 32.3 Å². The molecule has 2 nitrogen and oxygen atoms in total. The maximum absolute atomic E-state index is 13.2. The molecule has 0 aliphatic carbocycles. The number of hydrogen-bond donors (Lipinski definition) is 1. The van der Waals surface area contributed by atoms with E-state index in [1.54, 1.807) is 24.8 Å². The Kier molecular flexibility index (Phi) is 3.95. The number of anilines is 1. The summed E-state index contributed by atoms with van der Waals surface area (Å²) in [5.74, 6) is 0.910. The number of benzene rings is 1. The predicted molar refractivity (Wildman–Crippen MR) is 78.0 cm³/mol. The SMILES string of the molecule is CCC1(C)CCSC(Nc2ccc(F)c(C)c2)=N1. The molecule has 1 atom stereocenters. The lowest BCUT2D eigenvalue weighted by Gasteiger charge is -2.29. The van der Waals surface area contributed by atoms with Gasteiger partial charge in [0.25, 0.3) is 0 Å². The van der Waals surface area contributed by atoms with Crippen LogP contribution in [-0.4, -0.2) is 16.5 Å². The molecule has 0 spiro atoms. The van der Waals surface area contributed by atoms with Crippen LogP contribution in [0, 0.1) is 12.7 Å². The Bertz CT molecular complexity index is 473. The number of nitrogens with zero attached hydrogens (tertiary/aromatic N) is 1. The highest BCUT2D eigenvalue weighted by Gasteiger charge is 2.25. The molecule has 0 fully saturated rings. The molecule has 1 aliphatic rings. The van der Waals surface area contributed by atoms with Crippen LogP contribution in [0.2, 0.25) is 0 Å². The minimum absolute atomic E-state index is 0.0443. The third-order valence-corrected chi connectivity index (χ3v) is 4.30. The monoisotopic (exact) mass is 266 g/mol. The second-order valence-electron chi connectivity index (χ2n) is 4.95. The molecule has 4 heteroatoms. The van der Waals surface area contributed by atoms with E-state index in [1.165, 1.54) is 6.07 Å². The molecule has 0 radical (unpaired) electrons. The fourth-order valence-corrected chi connectivity index (χ4v) is 3.08. The lowest BCUT2D eigenvalue weighted by Crippen LogP contribution is -2.29. The van der Waals surface area contributed by atoms with E-state index in [0.29, 0.717) is 5.56 Å². The molecule has 0 aromatic heterocycles. The highest BCUT2D eigenvalue weighted by atomic mass is 32.2. The summed E-state index contributed by atoms with van der Waals surface area (Å²) in [6.45, 7) is 6.12. The molecular formula is C14H19FN2S. The maximum atomic E-state index is 13.2. The van der Waals surface area contributed by atoms with Crippen molar-refractivity contribution < 1.29 is 4.39 Å². The van der Waals surface area contributed by atoms with Crippen molar-refractivity contribution in [3.05, 3.63) is 29.6 Å². The van der Waals surface area contributed by atoms with Gasteiger partial charge in [-0.15, -0.1) is 0 Å². The van der Waals surface area contributed by atoms with E-state index >= 15 is 0 Å². The van der Waals surface area contributed by atoms with Crippen molar-refractivity contribution in [2.24, 2.45) is 4.99 Å². The van der Waals surface area contributed by atoms with Gasteiger partial charge in [0.15, 0.2) is 5.17 Å². The van der Waals surface area contributed by atoms with Gasteiger partial charge in [0, 0.05) is 11.4 Å². The van der Waals surface area contributed by atoms with Gasteiger partial charge in [-0.3, -0.25) is 4.99 Å². The predicted octanol–water partition coefficient (Wildman–Crippen LogP) is 4.21. The van der Waals surface area contributed by atoms with Gasteiger partial charge in [0.05, 0.1) is 5.54 Å². The van der Waals surface area contributed by atoms with E-state index in [2.05, 4.69) is 19.2 Å². The van der Waals surface area contributed by atoms with E-state index in [1.807, 2.05) is 6.07 Å². The minimum Gasteiger partial charge on any atom is -0.335 e. The first-order chi connectivity index (χ1) is 8.52. The van der Waals surface area contributed by atoms with Crippen molar-refractivity contribution >= 4 is 22.6 Å². The van der Waals surface area contributed by atoms with Crippen LogP contribution in [0.15, 0.2) is 23.2 Å². The lowest BCUT2D eigenvalue weighted by atomic mass is 9.97. The zero-order valence-corrected chi connectivity index (χ0v) is 11.9. The molecule has 2 rings (SSSR count). The van der Waals surface area contributed by atoms with Crippen LogP contribution in [0.4, 0.5) is 10.1 Å². The Balaban J connectivity index is 2.16. The number of hydrogen-bond acceptors (Lipinski definition) is 3. The summed E-state index contributed by atoms with van der Waals surface area (Å²) in [7, 11) is 0. The number of halogens is 1. The van der Waals surface area contributed by atoms with Crippen LogP contribution < -0.4 is 5.32 Å². The molecular weight excluding hydrogens is 247 g/mol. The topological polar surface area (TPSA) is 24.4 Å². The average Bonchev–Trinajstić information content (AvgIpc) is 2.34. The van der Waals surface area contributed by atoms with E-state index in [-0.39, 0.29) is 11.4 Å². The lowest BCUT2D eigenvalue weighted by molar-refractivity contribution is 0.443. The number of aliphatic imine (C=N–C) groups is 1. The summed E-state index contributed by atoms with van der Waals surface area (Å²) in [5, 5.41) is 4.23. The molecule has 1 unspecified atom stereocenters. The molecule has 1 aliphatic heterocycles. The number of nitrogens with one attached hydrogen (secondary N) is 1. The Morgan fingerprint density at radius 3 is 2.94 bits per heavy atom. The molecule has 18 heavy (non-hydrogen) atoms. The summed E-state index contributed by atoms with van der Waals surface area (Å²) in [5.41, 5.74) is 1.60. The summed E-state index contributed by atoms with van der Waals surface area (Å²) in [6.07, 6.45) is 2.16. The second-order valence-corrected chi connectivity index (χ2v) is 6.04. The van der Waals surface area contributed by atoms with Gasteiger partial charge in [-0.05, 0) is 50.5 Å². The Morgan fingerprint density at radius 1 is 1.50 bits per heavy atom. The van der Waals surface area contributed by atoms with Crippen molar-refractivity contribution in [3.8, 4) is 0 Å².